The second kappa shape index (κ2) is 17.1. The van der Waals surface area contributed by atoms with Gasteiger partial charge in [-0.1, -0.05) is 32.0 Å². The number of alkyl halides is 1. The molecule has 11 heteroatoms. The number of hydrogen-bond acceptors (Lipinski definition) is 6. The summed E-state index contributed by atoms with van der Waals surface area (Å²) in [6.07, 6.45) is 0.978. The lowest BCUT2D eigenvalue weighted by Crippen LogP contribution is -2.49. The van der Waals surface area contributed by atoms with Crippen molar-refractivity contribution in [3.63, 3.8) is 0 Å². The number of esters is 1. The second-order valence-electron chi connectivity index (χ2n) is 13.3. The van der Waals surface area contributed by atoms with Crippen molar-refractivity contribution in [2.75, 3.05) is 40.0 Å². The fourth-order valence-electron chi connectivity index (χ4n) is 6.42. The number of rotatable bonds is 16. The van der Waals surface area contributed by atoms with E-state index in [0.29, 0.717) is 42.7 Å². The maximum Gasteiger partial charge on any atom is 0.308 e. The van der Waals surface area contributed by atoms with Gasteiger partial charge in [0.1, 0.15) is 18.0 Å². The molecule has 0 bridgehead atoms. The Morgan fingerprint density at radius 2 is 1.76 bits per heavy atom. The van der Waals surface area contributed by atoms with Crippen LogP contribution in [0.3, 0.4) is 0 Å². The number of halogens is 3. The van der Waals surface area contributed by atoms with E-state index < -0.39 is 47.3 Å². The Balaban J connectivity index is 1.78. The quantitative estimate of drug-likeness (QED) is 0.181. The zero-order valence-corrected chi connectivity index (χ0v) is 29.3. The summed E-state index contributed by atoms with van der Waals surface area (Å²) in [5.41, 5.74) is 3.52. The van der Waals surface area contributed by atoms with Gasteiger partial charge >= 0.3 is 5.97 Å². The van der Waals surface area contributed by atoms with Crippen LogP contribution in [-0.2, 0) is 31.9 Å². The Morgan fingerprint density at radius 1 is 1.06 bits per heavy atom. The van der Waals surface area contributed by atoms with E-state index in [9.17, 15) is 18.8 Å². The number of methoxy groups -OCH3 is 1. The molecule has 2 atom stereocenters. The lowest BCUT2D eigenvalue weighted by atomic mass is 9.89. The third-order valence-corrected chi connectivity index (χ3v) is 8.91. The molecule has 1 aliphatic rings. The average molecular weight is 684 g/mol. The molecule has 1 amide bonds. The highest BCUT2D eigenvalue weighted by atomic mass is 19.1. The molecule has 1 unspecified atom stereocenters. The number of aryl methyl sites for hydroxylation is 2. The van der Waals surface area contributed by atoms with Crippen LogP contribution in [0, 0.1) is 31.4 Å². The maximum atomic E-state index is 16.5. The summed E-state index contributed by atoms with van der Waals surface area (Å²) in [5, 5.41) is 2.86. The van der Waals surface area contributed by atoms with Crippen LogP contribution in [0.5, 0.6) is 0 Å². The van der Waals surface area contributed by atoms with Crippen LogP contribution in [0.25, 0.3) is 11.1 Å². The SMILES string of the molecule is CCOC(=O)C[C@H](NC(=O)C(CC(C)C)n1cc(CCN2CC(F)C2)cc(F)c1=O)c1cc(-c2c(C)cccc2C)cc(CCOC)c1F. The van der Waals surface area contributed by atoms with Gasteiger partial charge < -0.3 is 19.4 Å². The van der Waals surface area contributed by atoms with Crippen LogP contribution in [-0.4, -0.2) is 67.5 Å². The number of benzene rings is 2. The highest BCUT2D eigenvalue weighted by Crippen LogP contribution is 2.34. The molecule has 0 saturated carbocycles. The van der Waals surface area contributed by atoms with Crippen molar-refractivity contribution in [1.82, 2.24) is 14.8 Å². The molecule has 1 aromatic heterocycles. The third kappa shape index (κ3) is 9.60. The number of carbonyl (C=O) groups is 2. The number of nitrogens with one attached hydrogen (secondary N) is 1. The Kier molecular flexibility index (Phi) is 13.2. The highest BCUT2D eigenvalue weighted by Gasteiger charge is 2.31. The summed E-state index contributed by atoms with van der Waals surface area (Å²) in [4.78, 5) is 42.2. The van der Waals surface area contributed by atoms with Gasteiger partial charge in [-0.3, -0.25) is 19.3 Å². The van der Waals surface area contributed by atoms with E-state index in [1.807, 2.05) is 50.8 Å². The summed E-state index contributed by atoms with van der Waals surface area (Å²) in [7, 11) is 1.52. The third-order valence-electron chi connectivity index (χ3n) is 8.91. The molecule has 8 nitrogen and oxygen atoms in total. The highest BCUT2D eigenvalue weighted by molar-refractivity contribution is 5.82. The van der Waals surface area contributed by atoms with Crippen LogP contribution in [0.15, 0.2) is 47.4 Å². The molecule has 2 heterocycles. The van der Waals surface area contributed by atoms with Gasteiger partial charge in [-0.25, -0.2) is 13.2 Å². The zero-order valence-electron chi connectivity index (χ0n) is 29.3. The van der Waals surface area contributed by atoms with Crippen LogP contribution >= 0.6 is 0 Å². The molecule has 266 valence electrons. The second-order valence-corrected chi connectivity index (χ2v) is 13.3. The normalized spacial score (nSPS) is 14.8. The first kappa shape index (κ1) is 37.9. The lowest BCUT2D eigenvalue weighted by Gasteiger charge is -2.34. The van der Waals surface area contributed by atoms with E-state index in [-0.39, 0.29) is 44.0 Å². The summed E-state index contributed by atoms with van der Waals surface area (Å²) >= 11 is 0. The number of likely N-dealkylation sites (tertiary alicyclic amines) is 1. The first-order valence-electron chi connectivity index (χ1n) is 16.9. The van der Waals surface area contributed by atoms with E-state index in [0.717, 1.165) is 27.3 Å². The van der Waals surface area contributed by atoms with Gasteiger partial charge in [-0.15, -0.1) is 0 Å². The van der Waals surface area contributed by atoms with Crippen molar-refractivity contribution in [1.29, 1.82) is 0 Å². The monoisotopic (exact) mass is 683 g/mol. The van der Waals surface area contributed by atoms with Gasteiger partial charge in [0.2, 0.25) is 5.91 Å². The van der Waals surface area contributed by atoms with E-state index in [4.69, 9.17) is 9.47 Å². The lowest BCUT2D eigenvalue weighted by molar-refractivity contribution is -0.144. The Bertz CT molecular complexity index is 1670. The average Bonchev–Trinajstić information content (AvgIpc) is 3.02. The number of ether oxygens (including phenoxy) is 2. The Morgan fingerprint density at radius 3 is 2.37 bits per heavy atom. The molecule has 3 aromatic rings. The van der Waals surface area contributed by atoms with E-state index in [2.05, 4.69) is 5.32 Å². The summed E-state index contributed by atoms with van der Waals surface area (Å²) in [6, 6.07) is 8.08. The van der Waals surface area contributed by atoms with Gasteiger partial charge in [0.05, 0.1) is 25.7 Å². The summed E-state index contributed by atoms with van der Waals surface area (Å²) in [5.74, 6) is -3.00. The molecule has 49 heavy (non-hydrogen) atoms. The smallest absolute Gasteiger partial charge is 0.308 e. The molecule has 1 N–H and O–H groups in total. The molecule has 4 rings (SSSR count). The van der Waals surface area contributed by atoms with E-state index in [1.165, 1.54) is 13.3 Å². The molecule has 0 spiro atoms. The fourth-order valence-corrected chi connectivity index (χ4v) is 6.42. The number of nitrogens with zero attached hydrogens (tertiary/aromatic N) is 2. The summed E-state index contributed by atoms with van der Waals surface area (Å²) < 4.78 is 56.4. The zero-order chi connectivity index (χ0) is 35.8. The number of aromatic nitrogens is 1. The van der Waals surface area contributed by atoms with Crippen molar-refractivity contribution in [3.05, 3.63) is 92.4 Å². The van der Waals surface area contributed by atoms with Crippen molar-refractivity contribution >= 4 is 11.9 Å². The molecule has 1 saturated heterocycles. The summed E-state index contributed by atoms with van der Waals surface area (Å²) in [6.45, 7) is 10.7. The topological polar surface area (TPSA) is 89.9 Å². The first-order valence-corrected chi connectivity index (χ1v) is 16.9. The fraction of sp³-hybridized carbons (Fsp3) is 0.500. The first-order chi connectivity index (χ1) is 23.3. The Hall–Kier alpha value is -3.96. The minimum absolute atomic E-state index is 0.0870. The minimum Gasteiger partial charge on any atom is -0.466 e. The predicted octanol–water partition coefficient (Wildman–Crippen LogP) is 6.19. The van der Waals surface area contributed by atoms with Crippen LogP contribution in [0.1, 0.15) is 73.5 Å². The van der Waals surface area contributed by atoms with Gasteiger partial charge in [0.25, 0.3) is 5.56 Å². The molecule has 1 aliphatic heterocycles. The predicted molar refractivity (Wildman–Crippen MR) is 183 cm³/mol. The van der Waals surface area contributed by atoms with Crippen molar-refractivity contribution in [2.24, 2.45) is 5.92 Å². The van der Waals surface area contributed by atoms with Gasteiger partial charge in [-0.05, 0) is 97.5 Å². The Labute approximate surface area is 286 Å². The molecule has 1 fully saturated rings. The van der Waals surface area contributed by atoms with Gasteiger partial charge in [-0.2, -0.15) is 0 Å². The standard InChI is InChI=1S/C38H48F3N3O5/c1-7-49-34(45)19-32(30-18-28(17-27(36(30)41)12-14-48-6)35-24(4)9-8-10-25(35)5)42-37(46)33(15-23(2)3)44-20-26(16-31(40)38(44)47)11-13-43-21-29(39)22-43/h8-10,16-18,20,23,29,32-33H,7,11-15,19,21-22H2,1-6H3,(H,42,46)/t32-,33?/m0/s1. The number of pyridine rings is 1. The molecular weight excluding hydrogens is 635 g/mol. The minimum atomic E-state index is -1.17. The van der Waals surface area contributed by atoms with Crippen LogP contribution < -0.4 is 10.9 Å². The van der Waals surface area contributed by atoms with Crippen LogP contribution in [0.4, 0.5) is 13.2 Å². The molecular formula is C38H48F3N3O5. The van der Waals surface area contributed by atoms with Crippen molar-refractivity contribution in [2.45, 2.75) is 78.6 Å². The van der Waals surface area contributed by atoms with Gasteiger partial charge in [0.15, 0.2) is 5.82 Å². The number of carbonyl (C=O) groups excluding carboxylic acids is 2. The van der Waals surface area contributed by atoms with E-state index >= 15 is 8.78 Å². The molecule has 0 radical (unpaired) electrons. The largest absolute Gasteiger partial charge is 0.466 e. The van der Waals surface area contributed by atoms with E-state index in [1.54, 1.807) is 19.1 Å². The maximum absolute atomic E-state index is 16.5. The van der Waals surface area contributed by atoms with Crippen LogP contribution in [0.2, 0.25) is 0 Å². The molecule has 2 aromatic carbocycles. The number of hydrogen-bond donors (Lipinski definition) is 1. The molecule has 0 aliphatic carbocycles. The van der Waals surface area contributed by atoms with Gasteiger partial charge in [0, 0.05) is 38.5 Å². The van der Waals surface area contributed by atoms with Crippen molar-refractivity contribution in [3.8, 4) is 11.1 Å². The number of amides is 1. The van der Waals surface area contributed by atoms with Crippen molar-refractivity contribution < 1.29 is 32.2 Å².